The van der Waals surface area contributed by atoms with Crippen molar-refractivity contribution in [1.82, 2.24) is 4.57 Å². The number of carbonyl (C=O) groups excluding carboxylic acids is 1. The number of hydrogen-bond acceptors (Lipinski definition) is 2. The van der Waals surface area contributed by atoms with Gasteiger partial charge in [0.25, 0.3) is 0 Å². The van der Waals surface area contributed by atoms with Gasteiger partial charge in [-0.2, -0.15) is 0 Å². The Bertz CT molecular complexity index is 1200. The van der Waals surface area contributed by atoms with Gasteiger partial charge in [0.1, 0.15) is 0 Å². The van der Waals surface area contributed by atoms with Crippen molar-refractivity contribution in [1.29, 1.82) is 0 Å². The van der Waals surface area contributed by atoms with Gasteiger partial charge in [0.05, 0.1) is 17.6 Å². The quantitative estimate of drug-likeness (QED) is 0.480. The largest absolute Gasteiger partial charge is 0.481 e. The molecule has 1 aromatic heterocycles. The van der Waals surface area contributed by atoms with E-state index in [0.29, 0.717) is 27.4 Å². The number of ketones is 1. The third-order valence-corrected chi connectivity index (χ3v) is 4.87. The number of nitrogens with zero attached hydrogens (tertiary/aromatic N) is 1. The molecule has 28 heavy (non-hydrogen) atoms. The molecule has 0 unspecified atom stereocenters. The van der Waals surface area contributed by atoms with Crippen molar-refractivity contribution >= 4 is 34.3 Å². The molecule has 0 aliphatic rings. The number of aliphatic carboxylic acids is 1. The van der Waals surface area contributed by atoms with Gasteiger partial charge in [-0.15, -0.1) is 0 Å². The van der Waals surface area contributed by atoms with E-state index in [1.807, 2.05) is 47.0 Å². The van der Waals surface area contributed by atoms with Gasteiger partial charge in [0, 0.05) is 27.7 Å². The molecule has 1 heterocycles. The molecular weight excluding hydrogens is 374 g/mol. The summed E-state index contributed by atoms with van der Waals surface area (Å²) in [5, 5.41) is 10.6. The van der Waals surface area contributed by atoms with E-state index in [9.17, 15) is 14.7 Å². The molecule has 138 valence electrons. The van der Waals surface area contributed by atoms with Crippen molar-refractivity contribution in [3.8, 4) is 5.69 Å². The molecule has 0 aliphatic heterocycles. The van der Waals surface area contributed by atoms with Gasteiger partial charge in [-0.1, -0.05) is 60.1 Å². The number of carboxylic acid groups (broad SMARTS) is 1. The summed E-state index contributed by atoms with van der Waals surface area (Å²) in [7, 11) is 0. The average molecular weight is 390 g/mol. The fourth-order valence-electron chi connectivity index (χ4n) is 3.39. The van der Waals surface area contributed by atoms with Gasteiger partial charge in [0.15, 0.2) is 5.78 Å². The fourth-order valence-corrected chi connectivity index (χ4v) is 3.56. The van der Waals surface area contributed by atoms with Crippen molar-refractivity contribution in [2.45, 2.75) is 6.42 Å². The minimum atomic E-state index is -0.914. The smallest absolute Gasteiger partial charge is 0.307 e. The lowest BCUT2D eigenvalue weighted by atomic mass is 10.0. The summed E-state index contributed by atoms with van der Waals surface area (Å²) in [6, 6.07) is 21.7. The second-order valence-electron chi connectivity index (χ2n) is 6.47. The molecule has 0 aliphatic carbocycles. The number of fused-ring (bicyclic) bond motifs is 1. The van der Waals surface area contributed by atoms with Crippen molar-refractivity contribution in [2.24, 2.45) is 0 Å². The summed E-state index contributed by atoms with van der Waals surface area (Å²) >= 11 is 6.19. The third-order valence-electron chi connectivity index (χ3n) is 4.64. The molecule has 0 saturated heterocycles. The number of rotatable bonds is 5. The Morgan fingerprint density at radius 2 is 1.64 bits per heavy atom. The van der Waals surface area contributed by atoms with Crippen LogP contribution in [0, 0.1) is 0 Å². The highest BCUT2D eigenvalue weighted by atomic mass is 35.5. The van der Waals surface area contributed by atoms with Crippen molar-refractivity contribution in [2.75, 3.05) is 0 Å². The van der Waals surface area contributed by atoms with Crippen LogP contribution in [0.2, 0.25) is 5.02 Å². The lowest BCUT2D eigenvalue weighted by Crippen LogP contribution is -2.07. The zero-order valence-corrected chi connectivity index (χ0v) is 15.6. The molecule has 5 heteroatoms. The highest BCUT2D eigenvalue weighted by molar-refractivity contribution is 6.31. The molecule has 0 radical (unpaired) electrons. The standard InChI is InChI=1S/C23H16ClNO3/c24-17-10-11-18-16(12-22(26)27)14-25(21(18)13-17)20-9-5-4-8-19(20)23(28)15-6-2-1-3-7-15/h1-11,13-14H,12H2,(H,26,27). The molecule has 0 amide bonds. The zero-order chi connectivity index (χ0) is 19.7. The van der Waals surface area contributed by atoms with Crippen LogP contribution < -0.4 is 0 Å². The first-order valence-corrected chi connectivity index (χ1v) is 9.13. The Labute approximate surface area is 166 Å². The van der Waals surface area contributed by atoms with Crippen LogP contribution in [-0.2, 0) is 11.2 Å². The molecule has 3 aromatic carbocycles. The summed E-state index contributed by atoms with van der Waals surface area (Å²) in [5.41, 5.74) is 3.24. The Hall–Kier alpha value is -3.37. The number of benzene rings is 3. The van der Waals surface area contributed by atoms with E-state index in [0.717, 1.165) is 10.9 Å². The van der Waals surface area contributed by atoms with Crippen LogP contribution in [0.15, 0.2) is 79.0 Å². The fraction of sp³-hybridized carbons (Fsp3) is 0.0435. The van der Waals surface area contributed by atoms with Gasteiger partial charge in [-0.3, -0.25) is 9.59 Å². The second kappa shape index (κ2) is 7.33. The lowest BCUT2D eigenvalue weighted by Gasteiger charge is -2.11. The van der Waals surface area contributed by atoms with E-state index in [4.69, 9.17) is 11.6 Å². The summed E-state index contributed by atoms with van der Waals surface area (Å²) in [6.45, 7) is 0. The molecule has 0 atom stereocenters. The Kier molecular flexibility index (Phi) is 4.72. The van der Waals surface area contributed by atoms with Crippen LogP contribution in [0.25, 0.3) is 16.6 Å². The van der Waals surface area contributed by atoms with Gasteiger partial charge in [-0.25, -0.2) is 0 Å². The van der Waals surface area contributed by atoms with E-state index >= 15 is 0 Å². The lowest BCUT2D eigenvalue weighted by molar-refractivity contribution is -0.136. The van der Waals surface area contributed by atoms with Gasteiger partial charge in [0.2, 0.25) is 0 Å². The summed E-state index contributed by atoms with van der Waals surface area (Å²) in [4.78, 5) is 24.4. The molecule has 4 aromatic rings. The van der Waals surface area contributed by atoms with E-state index in [1.54, 1.807) is 36.5 Å². The molecule has 0 saturated carbocycles. The number of hydrogen-bond donors (Lipinski definition) is 1. The number of carbonyl (C=O) groups is 2. The Balaban J connectivity index is 1.93. The average Bonchev–Trinajstić information content (AvgIpc) is 3.04. The number of para-hydroxylation sites is 1. The topological polar surface area (TPSA) is 59.3 Å². The molecule has 4 nitrogen and oxygen atoms in total. The van der Waals surface area contributed by atoms with Crippen LogP contribution in [0.1, 0.15) is 21.5 Å². The monoisotopic (exact) mass is 389 g/mol. The van der Waals surface area contributed by atoms with Crippen LogP contribution in [0.5, 0.6) is 0 Å². The van der Waals surface area contributed by atoms with Crippen molar-refractivity contribution < 1.29 is 14.7 Å². The maximum atomic E-state index is 13.1. The maximum absolute atomic E-state index is 13.1. The first-order valence-electron chi connectivity index (χ1n) is 8.75. The summed E-state index contributed by atoms with van der Waals surface area (Å²) < 4.78 is 1.84. The van der Waals surface area contributed by atoms with Gasteiger partial charge in [-0.05, 0) is 29.8 Å². The van der Waals surface area contributed by atoms with Crippen LogP contribution in [0.4, 0.5) is 0 Å². The SMILES string of the molecule is O=C(O)Cc1cn(-c2ccccc2C(=O)c2ccccc2)c2cc(Cl)ccc12. The van der Waals surface area contributed by atoms with E-state index in [2.05, 4.69) is 0 Å². The predicted molar refractivity (Wildman–Crippen MR) is 109 cm³/mol. The highest BCUT2D eigenvalue weighted by Gasteiger charge is 2.18. The molecule has 0 fully saturated rings. The number of halogens is 1. The maximum Gasteiger partial charge on any atom is 0.307 e. The normalized spacial score (nSPS) is 10.9. The van der Waals surface area contributed by atoms with E-state index in [-0.39, 0.29) is 12.2 Å². The third kappa shape index (κ3) is 3.30. The molecule has 4 rings (SSSR count). The zero-order valence-electron chi connectivity index (χ0n) is 14.8. The highest BCUT2D eigenvalue weighted by Crippen LogP contribution is 2.30. The summed E-state index contributed by atoms with van der Waals surface area (Å²) in [6.07, 6.45) is 1.66. The first kappa shape index (κ1) is 18.0. The Morgan fingerprint density at radius 1 is 0.929 bits per heavy atom. The van der Waals surface area contributed by atoms with Gasteiger partial charge >= 0.3 is 5.97 Å². The van der Waals surface area contributed by atoms with E-state index in [1.165, 1.54) is 0 Å². The molecular formula is C23H16ClNO3. The van der Waals surface area contributed by atoms with Crippen molar-refractivity contribution in [3.63, 3.8) is 0 Å². The minimum absolute atomic E-state index is 0.0973. The van der Waals surface area contributed by atoms with Crippen LogP contribution >= 0.6 is 11.6 Å². The van der Waals surface area contributed by atoms with Crippen LogP contribution in [-0.4, -0.2) is 21.4 Å². The van der Waals surface area contributed by atoms with Gasteiger partial charge < -0.3 is 9.67 Å². The minimum Gasteiger partial charge on any atom is -0.481 e. The van der Waals surface area contributed by atoms with Crippen LogP contribution in [0.3, 0.4) is 0 Å². The summed E-state index contributed by atoms with van der Waals surface area (Å²) in [5.74, 6) is -1.01. The molecule has 0 spiro atoms. The first-order chi connectivity index (χ1) is 13.5. The van der Waals surface area contributed by atoms with E-state index < -0.39 is 5.97 Å². The van der Waals surface area contributed by atoms with Crippen molar-refractivity contribution in [3.05, 3.63) is 101 Å². The number of aromatic nitrogens is 1. The molecule has 0 bridgehead atoms. The Morgan fingerprint density at radius 3 is 2.39 bits per heavy atom. The predicted octanol–water partition coefficient (Wildman–Crippen LogP) is 5.14. The second-order valence-corrected chi connectivity index (χ2v) is 6.91. The molecule has 1 N–H and O–H groups in total. The number of carboxylic acids is 1.